The van der Waals surface area contributed by atoms with Crippen molar-refractivity contribution in [2.75, 3.05) is 11.9 Å². The minimum atomic E-state index is -0.668. The zero-order valence-electron chi connectivity index (χ0n) is 15.3. The van der Waals surface area contributed by atoms with E-state index in [0.717, 1.165) is 6.07 Å². The SMILES string of the molecule is CC(C)COc1ccc(C=C(C#N)C(=O)Nc2ccc([N+](=O)[O-])cc2Cl)cc1. The summed E-state index contributed by atoms with van der Waals surface area (Å²) in [5.74, 6) is 0.435. The van der Waals surface area contributed by atoms with Gasteiger partial charge in [0.05, 0.1) is 22.2 Å². The molecule has 0 fully saturated rings. The van der Waals surface area contributed by atoms with E-state index in [9.17, 15) is 20.2 Å². The van der Waals surface area contributed by atoms with Crippen molar-refractivity contribution < 1.29 is 14.5 Å². The number of nitrogens with one attached hydrogen (secondary N) is 1. The molecule has 0 saturated heterocycles. The molecule has 8 heteroatoms. The van der Waals surface area contributed by atoms with Gasteiger partial charge < -0.3 is 10.1 Å². The first kappa shape index (κ1) is 20.9. The van der Waals surface area contributed by atoms with Crippen molar-refractivity contribution in [1.82, 2.24) is 0 Å². The van der Waals surface area contributed by atoms with Crippen LogP contribution in [0.1, 0.15) is 19.4 Å². The third-order valence-corrected chi connectivity index (χ3v) is 3.86. The van der Waals surface area contributed by atoms with Gasteiger partial charge in [-0.25, -0.2) is 0 Å². The second-order valence-corrected chi connectivity index (χ2v) is 6.73. The molecule has 0 atom stereocenters. The molecule has 0 aliphatic carbocycles. The number of nitro benzene ring substituents is 1. The normalized spacial score (nSPS) is 11.0. The van der Waals surface area contributed by atoms with Crippen molar-refractivity contribution in [3.63, 3.8) is 0 Å². The Labute approximate surface area is 167 Å². The van der Waals surface area contributed by atoms with Crippen molar-refractivity contribution in [3.05, 3.63) is 68.7 Å². The standard InChI is InChI=1S/C20H18ClN3O4/c1-13(2)12-28-17-6-3-14(4-7-17)9-15(11-22)20(25)23-19-8-5-16(24(26)27)10-18(19)21/h3-10,13H,12H2,1-2H3,(H,23,25). The Balaban J connectivity index is 2.13. The molecular formula is C20H18ClN3O4. The minimum absolute atomic E-state index is 0.00601. The minimum Gasteiger partial charge on any atom is -0.493 e. The predicted molar refractivity (Wildman–Crippen MR) is 107 cm³/mol. The molecule has 0 unspecified atom stereocenters. The Hall–Kier alpha value is -3.37. The summed E-state index contributed by atoms with van der Waals surface area (Å²) in [5, 5.41) is 22.5. The quantitative estimate of drug-likeness (QED) is 0.310. The zero-order valence-corrected chi connectivity index (χ0v) is 16.1. The molecule has 0 aliphatic heterocycles. The fraction of sp³-hybridized carbons (Fsp3) is 0.200. The van der Waals surface area contributed by atoms with Crippen LogP contribution in [0.3, 0.4) is 0 Å². The third-order valence-electron chi connectivity index (χ3n) is 3.55. The Bertz CT molecular complexity index is 947. The van der Waals surface area contributed by atoms with E-state index < -0.39 is 10.8 Å². The van der Waals surface area contributed by atoms with Crippen molar-refractivity contribution in [2.45, 2.75) is 13.8 Å². The highest BCUT2D eigenvalue weighted by molar-refractivity contribution is 6.34. The average Bonchev–Trinajstić information content (AvgIpc) is 2.66. The molecule has 0 aromatic heterocycles. The largest absolute Gasteiger partial charge is 0.493 e. The summed E-state index contributed by atoms with van der Waals surface area (Å²) >= 11 is 5.96. The maximum atomic E-state index is 12.3. The zero-order chi connectivity index (χ0) is 20.7. The maximum absolute atomic E-state index is 12.3. The number of hydrogen-bond acceptors (Lipinski definition) is 5. The second-order valence-electron chi connectivity index (χ2n) is 6.32. The Morgan fingerprint density at radius 2 is 2.00 bits per heavy atom. The van der Waals surface area contributed by atoms with Crippen molar-refractivity contribution in [1.29, 1.82) is 5.26 Å². The van der Waals surface area contributed by atoms with Crippen LogP contribution in [0.2, 0.25) is 5.02 Å². The maximum Gasteiger partial charge on any atom is 0.271 e. The van der Waals surface area contributed by atoms with Gasteiger partial charge >= 0.3 is 0 Å². The molecule has 0 heterocycles. The lowest BCUT2D eigenvalue weighted by atomic mass is 10.1. The number of non-ortho nitro benzene ring substituents is 1. The number of benzene rings is 2. The number of carbonyl (C=O) groups excluding carboxylic acids is 1. The summed E-state index contributed by atoms with van der Waals surface area (Å²) in [4.78, 5) is 22.5. The van der Waals surface area contributed by atoms with Gasteiger partial charge in [-0.05, 0) is 35.8 Å². The van der Waals surface area contributed by atoms with Gasteiger partial charge in [0.2, 0.25) is 0 Å². The van der Waals surface area contributed by atoms with Gasteiger partial charge in [0, 0.05) is 12.1 Å². The fourth-order valence-corrected chi connectivity index (χ4v) is 2.37. The summed E-state index contributed by atoms with van der Waals surface area (Å²) < 4.78 is 5.59. The van der Waals surface area contributed by atoms with Crippen molar-refractivity contribution >= 4 is 35.0 Å². The van der Waals surface area contributed by atoms with Gasteiger partial charge in [0.25, 0.3) is 11.6 Å². The van der Waals surface area contributed by atoms with Gasteiger partial charge in [0.15, 0.2) is 0 Å². The van der Waals surface area contributed by atoms with E-state index in [1.54, 1.807) is 24.3 Å². The lowest BCUT2D eigenvalue weighted by molar-refractivity contribution is -0.384. The van der Waals surface area contributed by atoms with Gasteiger partial charge in [-0.1, -0.05) is 37.6 Å². The topological polar surface area (TPSA) is 105 Å². The Morgan fingerprint density at radius 1 is 1.32 bits per heavy atom. The predicted octanol–water partition coefficient (Wildman–Crippen LogP) is 4.83. The third kappa shape index (κ3) is 5.83. The van der Waals surface area contributed by atoms with E-state index in [-0.39, 0.29) is 22.0 Å². The van der Waals surface area contributed by atoms with E-state index in [2.05, 4.69) is 5.32 Å². The van der Waals surface area contributed by atoms with Gasteiger partial charge in [0.1, 0.15) is 17.4 Å². The molecule has 0 radical (unpaired) electrons. The molecule has 0 bridgehead atoms. The van der Waals surface area contributed by atoms with E-state index in [1.807, 2.05) is 19.9 Å². The molecular weight excluding hydrogens is 382 g/mol. The average molecular weight is 400 g/mol. The molecule has 1 N–H and O–H groups in total. The number of nitro groups is 1. The molecule has 1 amide bonds. The van der Waals surface area contributed by atoms with Crippen LogP contribution in [-0.2, 0) is 4.79 Å². The molecule has 0 aliphatic rings. The molecule has 144 valence electrons. The smallest absolute Gasteiger partial charge is 0.271 e. The molecule has 2 rings (SSSR count). The van der Waals surface area contributed by atoms with Gasteiger partial charge in [-0.3, -0.25) is 14.9 Å². The summed E-state index contributed by atoms with van der Waals surface area (Å²) in [5.41, 5.74) is 0.498. The van der Waals surface area contributed by atoms with Crippen LogP contribution in [-0.4, -0.2) is 17.4 Å². The molecule has 2 aromatic carbocycles. The number of halogens is 1. The van der Waals surface area contributed by atoms with E-state index in [1.165, 1.54) is 18.2 Å². The van der Waals surface area contributed by atoms with Crippen LogP contribution in [0.15, 0.2) is 48.0 Å². The van der Waals surface area contributed by atoms with Crippen molar-refractivity contribution in [3.8, 4) is 11.8 Å². The number of anilines is 1. The number of nitrogens with zero attached hydrogens (tertiary/aromatic N) is 2. The van der Waals surface area contributed by atoms with Crippen LogP contribution in [0.5, 0.6) is 5.75 Å². The summed E-state index contributed by atoms with van der Waals surface area (Å²) in [7, 11) is 0. The first-order chi connectivity index (χ1) is 13.3. The lowest BCUT2D eigenvalue weighted by Crippen LogP contribution is -2.13. The number of amides is 1. The monoisotopic (exact) mass is 399 g/mol. The first-order valence-corrected chi connectivity index (χ1v) is 8.78. The highest BCUT2D eigenvalue weighted by Gasteiger charge is 2.14. The molecule has 7 nitrogen and oxygen atoms in total. The highest BCUT2D eigenvalue weighted by Crippen LogP contribution is 2.27. The number of carbonyl (C=O) groups is 1. The van der Waals surface area contributed by atoms with Crippen LogP contribution < -0.4 is 10.1 Å². The Morgan fingerprint density at radius 3 is 2.54 bits per heavy atom. The number of ether oxygens (including phenoxy) is 1. The van der Waals surface area contributed by atoms with Crippen LogP contribution in [0, 0.1) is 27.4 Å². The molecule has 0 saturated carbocycles. The summed E-state index contributed by atoms with van der Waals surface area (Å²) in [6, 6.07) is 12.5. The number of rotatable bonds is 7. The molecule has 2 aromatic rings. The van der Waals surface area contributed by atoms with Gasteiger partial charge in [-0.15, -0.1) is 0 Å². The summed E-state index contributed by atoms with van der Waals surface area (Å²) in [6.45, 7) is 4.69. The number of hydrogen-bond donors (Lipinski definition) is 1. The van der Waals surface area contributed by atoms with E-state index in [4.69, 9.17) is 16.3 Å². The molecule has 0 spiro atoms. The molecule has 28 heavy (non-hydrogen) atoms. The number of nitriles is 1. The highest BCUT2D eigenvalue weighted by atomic mass is 35.5. The fourth-order valence-electron chi connectivity index (χ4n) is 2.15. The van der Waals surface area contributed by atoms with Gasteiger partial charge in [-0.2, -0.15) is 5.26 Å². The van der Waals surface area contributed by atoms with E-state index in [0.29, 0.717) is 23.8 Å². The Kier molecular flexibility index (Phi) is 7.13. The van der Waals surface area contributed by atoms with Crippen LogP contribution in [0.4, 0.5) is 11.4 Å². The lowest BCUT2D eigenvalue weighted by Gasteiger charge is -2.09. The van der Waals surface area contributed by atoms with E-state index >= 15 is 0 Å². The van der Waals surface area contributed by atoms with Crippen LogP contribution >= 0.6 is 11.6 Å². The summed E-state index contributed by atoms with van der Waals surface area (Å²) in [6.07, 6.45) is 1.43. The van der Waals surface area contributed by atoms with Crippen LogP contribution in [0.25, 0.3) is 6.08 Å². The first-order valence-electron chi connectivity index (χ1n) is 8.40. The second kappa shape index (κ2) is 9.53. The van der Waals surface area contributed by atoms with Crippen molar-refractivity contribution in [2.24, 2.45) is 5.92 Å².